The van der Waals surface area contributed by atoms with Gasteiger partial charge in [0.05, 0.1) is 12.2 Å². The molecule has 1 aromatic rings. The summed E-state index contributed by atoms with van der Waals surface area (Å²) in [5, 5.41) is 8.86. The molecule has 0 aromatic heterocycles. The Hall–Kier alpha value is -1.35. The van der Waals surface area contributed by atoms with E-state index in [2.05, 4.69) is 32.9 Å². The summed E-state index contributed by atoms with van der Waals surface area (Å²) < 4.78 is 5.77. The Bertz CT molecular complexity index is 473. The van der Waals surface area contributed by atoms with E-state index in [9.17, 15) is 4.79 Å². The minimum atomic E-state index is -0.758. The molecule has 3 heteroatoms. The maximum atomic E-state index is 10.8. The van der Waals surface area contributed by atoms with Crippen LogP contribution >= 0.6 is 0 Å². The smallest absolute Gasteiger partial charge is 0.303 e. The lowest BCUT2D eigenvalue weighted by atomic mass is 9.79. The van der Waals surface area contributed by atoms with Crippen LogP contribution in [0, 0.1) is 20.8 Å². The van der Waals surface area contributed by atoms with E-state index in [0.29, 0.717) is 6.42 Å². The zero-order valence-electron chi connectivity index (χ0n) is 11.2. The molecule has 18 heavy (non-hydrogen) atoms. The fraction of sp³-hybridized carbons (Fsp3) is 0.533. The zero-order valence-corrected chi connectivity index (χ0v) is 11.2. The first kappa shape index (κ1) is 13.1. The summed E-state index contributed by atoms with van der Waals surface area (Å²) in [5.41, 5.74) is 4.58. The Labute approximate surface area is 108 Å². The van der Waals surface area contributed by atoms with Crippen molar-refractivity contribution in [1.82, 2.24) is 0 Å². The van der Waals surface area contributed by atoms with Gasteiger partial charge in [0.1, 0.15) is 0 Å². The van der Waals surface area contributed by atoms with Gasteiger partial charge < -0.3 is 9.84 Å². The molecule has 1 N–H and O–H groups in total. The monoisotopic (exact) mass is 248 g/mol. The highest BCUT2D eigenvalue weighted by molar-refractivity contribution is 5.67. The van der Waals surface area contributed by atoms with Gasteiger partial charge in [0.25, 0.3) is 0 Å². The van der Waals surface area contributed by atoms with Crippen molar-refractivity contribution < 1.29 is 14.6 Å². The molecule has 0 spiro atoms. The van der Waals surface area contributed by atoms with Gasteiger partial charge in [-0.05, 0) is 49.4 Å². The Kier molecular flexibility index (Phi) is 3.44. The number of aryl methyl sites for hydroxylation is 1. The van der Waals surface area contributed by atoms with Crippen LogP contribution in [0.15, 0.2) is 12.1 Å². The molecule has 1 fully saturated rings. The molecule has 0 amide bonds. The van der Waals surface area contributed by atoms with Crippen molar-refractivity contribution in [2.75, 3.05) is 6.61 Å². The van der Waals surface area contributed by atoms with Crippen molar-refractivity contribution in [3.63, 3.8) is 0 Å². The highest BCUT2D eigenvalue weighted by atomic mass is 16.5. The molecule has 1 heterocycles. The summed E-state index contributed by atoms with van der Waals surface area (Å²) >= 11 is 0. The first-order chi connectivity index (χ1) is 8.46. The van der Waals surface area contributed by atoms with E-state index in [1.165, 1.54) is 16.7 Å². The molecule has 1 unspecified atom stereocenters. The van der Waals surface area contributed by atoms with Crippen molar-refractivity contribution in [2.24, 2.45) is 0 Å². The lowest BCUT2D eigenvalue weighted by Gasteiger charge is -2.43. The van der Waals surface area contributed by atoms with E-state index in [4.69, 9.17) is 9.84 Å². The average molecular weight is 248 g/mol. The number of rotatable bonds is 4. The number of carboxylic acids is 1. The van der Waals surface area contributed by atoms with Gasteiger partial charge in [0.2, 0.25) is 0 Å². The van der Waals surface area contributed by atoms with Crippen LogP contribution in [0.4, 0.5) is 0 Å². The summed E-state index contributed by atoms with van der Waals surface area (Å²) in [6.45, 7) is 7.03. The van der Waals surface area contributed by atoms with Gasteiger partial charge in [0, 0.05) is 12.8 Å². The second kappa shape index (κ2) is 4.73. The maximum Gasteiger partial charge on any atom is 0.303 e. The Morgan fingerprint density at radius 3 is 2.50 bits per heavy atom. The fourth-order valence-electron chi connectivity index (χ4n) is 2.65. The molecular formula is C15H20O3. The number of hydrogen-bond acceptors (Lipinski definition) is 2. The summed E-state index contributed by atoms with van der Waals surface area (Å²) in [4.78, 5) is 10.8. The van der Waals surface area contributed by atoms with Crippen LogP contribution in [0.2, 0.25) is 0 Å². The molecule has 3 nitrogen and oxygen atoms in total. The molecule has 98 valence electrons. The van der Waals surface area contributed by atoms with Gasteiger partial charge in [0.15, 0.2) is 0 Å². The minimum absolute atomic E-state index is 0.159. The molecule has 0 saturated carbocycles. The highest BCUT2D eigenvalue weighted by Gasteiger charge is 2.41. The third kappa shape index (κ3) is 2.15. The van der Waals surface area contributed by atoms with Crippen LogP contribution in [0.25, 0.3) is 0 Å². The molecular weight excluding hydrogens is 228 g/mol. The van der Waals surface area contributed by atoms with Crippen molar-refractivity contribution in [3.05, 3.63) is 34.4 Å². The second-order valence-corrected chi connectivity index (χ2v) is 5.17. The number of carboxylic acid groups (broad SMARTS) is 1. The summed E-state index contributed by atoms with van der Waals surface area (Å²) in [6, 6.07) is 4.19. The second-order valence-electron chi connectivity index (χ2n) is 5.17. The predicted molar refractivity (Wildman–Crippen MR) is 69.8 cm³/mol. The molecule has 2 rings (SSSR count). The van der Waals surface area contributed by atoms with Crippen LogP contribution in [0.3, 0.4) is 0 Å². The van der Waals surface area contributed by atoms with E-state index < -0.39 is 5.97 Å². The van der Waals surface area contributed by atoms with Gasteiger partial charge >= 0.3 is 5.97 Å². The molecule has 0 radical (unpaired) electrons. The van der Waals surface area contributed by atoms with Gasteiger partial charge in [-0.3, -0.25) is 4.79 Å². The Balaban J connectivity index is 2.33. The topological polar surface area (TPSA) is 46.5 Å². The summed E-state index contributed by atoms with van der Waals surface area (Å²) in [5.74, 6) is -0.758. The van der Waals surface area contributed by atoms with Crippen molar-refractivity contribution in [1.29, 1.82) is 0 Å². The third-order valence-corrected chi connectivity index (χ3v) is 4.18. The normalized spacial score (nSPS) is 22.6. The first-order valence-corrected chi connectivity index (χ1v) is 6.39. The lowest BCUT2D eigenvalue weighted by Crippen LogP contribution is -2.42. The number of hydrogen-bond donors (Lipinski definition) is 1. The summed E-state index contributed by atoms with van der Waals surface area (Å²) in [7, 11) is 0. The lowest BCUT2D eigenvalue weighted by molar-refractivity contribution is -0.166. The minimum Gasteiger partial charge on any atom is -0.481 e. The molecule has 0 bridgehead atoms. The van der Waals surface area contributed by atoms with Gasteiger partial charge in [-0.15, -0.1) is 0 Å². The number of benzene rings is 1. The Morgan fingerprint density at radius 2 is 2.00 bits per heavy atom. The standard InChI is InChI=1S/C15H20O3/c1-10-4-5-13(12(3)11(10)2)15(8-9-18-15)7-6-14(16)17/h4-5H,6-9H2,1-3H3,(H,16,17). The molecule has 1 atom stereocenters. The quantitative estimate of drug-likeness (QED) is 0.890. The van der Waals surface area contributed by atoms with Crippen LogP contribution < -0.4 is 0 Å². The molecule has 1 aromatic carbocycles. The highest BCUT2D eigenvalue weighted by Crippen LogP contribution is 2.43. The van der Waals surface area contributed by atoms with Crippen LogP contribution in [-0.4, -0.2) is 17.7 Å². The van der Waals surface area contributed by atoms with Crippen molar-refractivity contribution in [2.45, 2.75) is 45.6 Å². The van der Waals surface area contributed by atoms with Crippen molar-refractivity contribution in [3.8, 4) is 0 Å². The van der Waals surface area contributed by atoms with E-state index in [1.807, 2.05) is 0 Å². The molecule has 1 saturated heterocycles. The van der Waals surface area contributed by atoms with Gasteiger partial charge in [-0.25, -0.2) is 0 Å². The molecule has 1 aliphatic rings. The van der Waals surface area contributed by atoms with Crippen LogP contribution in [0.1, 0.15) is 41.5 Å². The zero-order chi connectivity index (χ0) is 13.3. The van der Waals surface area contributed by atoms with E-state index in [0.717, 1.165) is 18.6 Å². The first-order valence-electron chi connectivity index (χ1n) is 6.39. The van der Waals surface area contributed by atoms with Crippen LogP contribution in [0.5, 0.6) is 0 Å². The van der Waals surface area contributed by atoms with Crippen LogP contribution in [-0.2, 0) is 15.1 Å². The SMILES string of the molecule is Cc1ccc(C2(CCC(=O)O)CCO2)c(C)c1C. The Morgan fingerprint density at radius 1 is 1.33 bits per heavy atom. The van der Waals surface area contributed by atoms with Gasteiger partial charge in [-0.2, -0.15) is 0 Å². The number of carbonyl (C=O) groups is 1. The maximum absolute atomic E-state index is 10.8. The van der Waals surface area contributed by atoms with Crippen molar-refractivity contribution >= 4 is 5.97 Å². The predicted octanol–water partition coefficient (Wildman–Crippen LogP) is 3.09. The van der Waals surface area contributed by atoms with E-state index in [1.54, 1.807) is 0 Å². The van der Waals surface area contributed by atoms with E-state index in [-0.39, 0.29) is 12.0 Å². The average Bonchev–Trinajstić information content (AvgIpc) is 2.26. The molecule has 0 aliphatic carbocycles. The molecule has 1 aliphatic heterocycles. The fourth-order valence-corrected chi connectivity index (χ4v) is 2.65. The largest absolute Gasteiger partial charge is 0.481 e. The summed E-state index contributed by atoms with van der Waals surface area (Å²) in [6.07, 6.45) is 1.64. The van der Waals surface area contributed by atoms with Gasteiger partial charge in [-0.1, -0.05) is 12.1 Å². The third-order valence-electron chi connectivity index (χ3n) is 4.18. The number of aliphatic carboxylic acids is 1. The van der Waals surface area contributed by atoms with E-state index >= 15 is 0 Å². The number of ether oxygens (including phenoxy) is 1.